The van der Waals surface area contributed by atoms with E-state index < -0.39 is 5.97 Å². The van der Waals surface area contributed by atoms with Crippen LogP contribution >= 0.6 is 23.2 Å². The van der Waals surface area contributed by atoms with Crippen LogP contribution in [0.1, 0.15) is 18.3 Å². The Labute approximate surface area is 207 Å². The predicted molar refractivity (Wildman–Crippen MR) is 137 cm³/mol. The molecule has 0 aliphatic rings. The smallest absolute Gasteiger partial charge is 0.323 e. The molecule has 7 heteroatoms. The molecule has 0 fully saturated rings. The molecular weight excluding hydrogens is 471 g/mol. The number of hydrogen-bond donors (Lipinski definition) is 1. The van der Waals surface area contributed by atoms with E-state index in [2.05, 4.69) is 4.98 Å². The van der Waals surface area contributed by atoms with Crippen LogP contribution in [0, 0.1) is 0 Å². The zero-order valence-electron chi connectivity index (χ0n) is 18.4. The molecule has 0 saturated carbocycles. The van der Waals surface area contributed by atoms with Crippen molar-refractivity contribution in [2.45, 2.75) is 13.5 Å². The first-order chi connectivity index (χ1) is 16.4. The second-order valence-electron chi connectivity index (χ2n) is 7.54. The predicted octanol–water partition coefficient (Wildman–Crippen LogP) is 7.18. The van der Waals surface area contributed by atoms with Gasteiger partial charge in [-0.15, -0.1) is 0 Å². The Morgan fingerprint density at radius 1 is 1.00 bits per heavy atom. The first-order valence-corrected chi connectivity index (χ1v) is 11.4. The molecule has 5 nitrogen and oxygen atoms in total. The number of ether oxygens (including phenoxy) is 1. The zero-order chi connectivity index (χ0) is 24.1. The monoisotopic (exact) mass is 492 g/mol. The van der Waals surface area contributed by atoms with Crippen LogP contribution < -0.4 is 4.74 Å². The number of aromatic nitrogens is 2. The van der Waals surface area contributed by atoms with Gasteiger partial charge in [-0.25, -0.2) is 4.98 Å². The minimum absolute atomic E-state index is 0.214. The lowest BCUT2D eigenvalue weighted by molar-refractivity contribution is -0.137. The zero-order valence-corrected chi connectivity index (χ0v) is 19.9. The largest absolute Gasteiger partial charge is 0.494 e. The van der Waals surface area contributed by atoms with E-state index in [-0.39, 0.29) is 6.54 Å². The van der Waals surface area contributed by atoms with Crippen LogP contribution in [0.25, 0.3) is 34.5 Å². The summed E-state index contributed by atoms with van der Waals surface area (Å²) < 4.78 is 7.07. The van der Waals surface area contributed by atoms with Gasteiger partial charge in [0, 0.05) is 16.8 Å². The average molecular weight is 493 g/mol. The molecule has 0 aliphatic heterocycles. The lowest BCUT2D eigenvalue weighted by Crippen LogP contribution is -2.09. The quantitative estimate of drug-likeness (QED) is 0.283. The molecule has 1 heterocycles. The van der Waals surface area contributed by atoms with Gasteiger partial charge in [0.1, 0.15) is 18.1 Å². The minimum Gasteiger partial charge on any atom is -0.494 e. The number of halogens is 2. The molecule has 0 unspecified atom stereocenters. The van der Waals surface area contributed by atoms with Crippen molar-refractivity contribution < 1.29 is 14.6 Å². The molecule has 34 heavy (non-hydrogen) atoms. The molecule has 172 valence electrons. The third kappa shape index (κ3) is 5.68. The van der Waals surface area contributed by atoms with E-state index in [9.17, 15) is 9.90 Å². The van der Waals surface area contributed by atoms with Gasteiger partial charge in [0.25, 0.3) is 0 Å². The van der Waals surface area contributed by atoms with E-state index in [4.69, 9.17) is 27.9 Å². The van der Waals surface area contributed by atoms with E-state index in [0.29, 0.717) is 33.7 Å². The number of imidazole rings is 1. The Morgan fingerprint density at radius 3 is 2.29 bits per heavy atom. The Balaban J connectivity index is 1.57. The number of hydrogen-bond acceptors (Lipinski definition) is 3. The number of carboxylic acids is 1. The van der Waals surface area contributed by atoms with Gasteiger partial charge in [0.2, 0.25) is 0 Å². The molecule has 0 radical (unpaired) electrons. The van der Waals surface area contributed by atoms with Crippen LogP contribution in [0.4, 0.5) is 0 Å². The number of carbonyl (C=O) groups is 1. The molecule has 3 aromatic carbocycles. The van der Waals surface area contributed by atoms with Gasteiger partial charge in [0.05, 0.1) is 17.3 Å². The second kappa shape index (κ2) is 10.6. The molecular formula is C27H22Cl2N2O3. The first-order valence-electron chi connectivity index (χ1n) is 10.7. The number of rotatable bonds is 8. The van der Waals surface area contributed by atoms with Crippen LogP contribution in [0.2, 0.25) is 10.0 Å². The van der Waals surface area contributed by atoms with Crippen LogP contribution in [0.15, 0.2) is 72.9 Å². The summed E-state index contributed by atoms with van der Waals surface area (Å²) in [6, 6.07) is 21.2. The van der Waals surface area contributed by atoms with Crippen LogP contribution in [-0.4, -0.2) is 27.2 Å². The molecule has 1 N–H and O–H groups in total. The van der Waals surface area contributed by atoms with Gasteiger partial charge in [-0.3, -0.25) is 4.79 Å². The van der Waals surface area contributed by atoms with Crippen molar-refractivity contribution in [1.29, 1.82) is 0 Å². The summed E-state index contributed by atoms with van der Waals surface area (Å²) >= 11 is 12.3. The summed E-state index contributed by atoms with van der Waals surface area (Å²) in [5.74, 6) is 0.404. The van der Waals surface area contributed by atoms with Gasteiger partial charge in [-0.05, 0) is 60.0 Å². The summed E-state index contributed by atoms with van der Waals surface area (Å²) in [7, 11) is 0. The number of aliphatic carboxylic acids is 1. The van der Waals surface area contributed by atoms with Gasteiger partial charge >= 0.3 is 5.97 Å². The summed E-state index contributed by atoms with van der Waals surface area (Å²) in [6.07, 6.45) is 5.37. The van der Waals surface area contributed by atoms with Crippen LogP contribution in [0.3, 0.4) is 0 Å². The SMILES string of the molecule is CCOc1ccc(-c2ccc(C=Cc3nc(-c4ccc(Cl)cc4Cl)cn3CC(=O)O)cc2)cc1. The fourth-order valence-corrected chi connectivity index (χ4v) is 4.04. The highest BCUT2D eigenvalue weighted by Gasteiger charge is 2.13. The molecule has 0 amide bonds. The van der Waals surface area contributed by atoms with E-state index in [1.165, 1.54) is 0 Å². The van der Waals surface area contributed by atoms with Gasteiger partial charge < -0.3 is 14.4 Å². The Bertz CT molecular complexity index is 1330. The highest BCUT2D eigenvalue weighted by Crippen LogP contribution is 2.30. The van der Waals surface area contributed by atoms with Gasteiger partial charge in [-0.1, -0.05) is 65.7 Å². The van der Waals surface area contributed by atoms with Crippen molar-refractivity contribution in [3.8, 4) is 28.1 Å². The maximum atomic E-state index is 11.4. The van der Waals surface area contributed by atoms with Gasteiger partial charge in [-0.2, -0.15) is 0 Å². The van der Waals surface area contributed by atoms with Gasteiger partial charge in [0.15, 0.2) is 0 Å². The highest BCUT2D eigenvalue weighted by atomic mass is 35.5. The molecule has 1 aromatic heterocycles. The van der Waals surface area contributed by atoms with E-state index in [1.54, 1.807) is 35.0 Å². The van der Waals surface area contributed by atoms with Crippen molar-refractivity contribution in [1.82, 2.24) is 9.55 Å². The number of carboxylic acid groups (broad SMARTS) is 1. The number of benzene rings is 3. The Hall–Kier alpha value is -3.54. The topological polar surface area (TPSA) is 64.4 Å². The fraction of sp³-hybridized carbons (Fsp3) is 0.111. The first kappa shape index (κ1) is 23.6. The summed E-state index contributed by atoms with van der Waals surface area (Å²) in [5.41, 5.74) is 4.41. The Kier molecular flexibility index (Phi) is 7.36. The summed E-state index contributed by atoms with van der Waals surface area (Å²) in [6.45, 7) is 2.38. The molecule has 0 aliphatic carbocycles. The molecule has 0 saturated heterocycles. The lowest BCUT2D eigenvalue weighted by Gasteiger charge is -2.06. The average Bonchev–Trinajstić information content (AvgIpc) is 3.20. The summed E-state index contributed by atoms with van der Waals surface area (Å²) in [4.78, 5) is 16.0. The standard InChI is InChI=1S/C27H22Cl2N2O3/c1-2-34-22-11-8-20(9-12-22)19-6-3-18(4-7-19)5-14-26-30-25(16-31(26)17-27(32)33)23-13-10-21(28)15-24(23)29/h3-16H,2,17H2,1H3,(H,32,33). The van der Waals surface area contributed by atoms with Crippen molar-refractivity contribution >= 4 is 41.3 Å². The van der Waals surface area contributed by atoms with E-state index in [1.807, 2.05) is 61.5 Å². The molecule has 4 aromatic rings. The number of nitrogens with zero attached hydrogens (tertiary/aromatic N) is 2. The molecule has 0 bridgehead atoms. The van der Waals surface area contributed by atoms with Crippen molar-refractivity contribution in [3.63, 3.8) is 0 Å². The van der Waals surface area contributed by atoms with E-state index in [0.717, 1.165) is 22.4 Å². The maximum Gasteiger partial charge on any atom is 0.323 e. The third-order valence-corrected chi connectivity index (χ3v) is 5.70. The molecule has 0 atom stereocenters. The third-order valence-electron chi connectivity index (χ3n) is 5.15. The molecule has 0 spiro atoms. The summed E-state index contributed by atoms with van der Waals surface area (Å²) in [5, 5.41) is 10.3. The minimum atomic E-state index is -0.958. The van der Waals surface area contributed by atoms with Crippen molar-refractivity contribution in [2.75, 3.05) is 6.61 Å². The van der Waals surface area contributed by atoms with Crippen molar-refractivity contribution in [3.05, 3.63) is 94.4 Å². The van der Waals surface area contributed by atoms with Crippen LogP contribution in [-0.2, 0) is 11.3 Å². The molecule has 4 rings (SSSR count). The normalized spacial score (nSPS) is 11.1. The lowest BCUT2D eigenvalue weighted by atomic mass is 10.0. The van der Waals surface area contributed by atoms with E-state index >= 15 is 0 Å². The second-order valence-corrected chi connectivity index (χ2v) is 8.39. The Morgan fingerprint density at radius 2 is 1.68 bits per heavy atom. The maximum absolute atomic E-state index is 11.4. The van der Waals surface area contributed by atoms with Crippen molar-refractivity contribution in [2.24, 2.45) is 0 Å². The van der Waals surface area contributed by atoms with Crippen LogP contribution in [0.5, 0.6) is 5.75 Å². The fourth-order valence-electron chi connectivity index (χ4n) is 3.53. The highest BCUT2D eigenvalue weighted by molar-refractivity contribution is 6.36.